The lowest BCUT2D eigenvalue weighted by atomic mass is 10.1. The maximum Gasteiger partial charge on any atom is 0.336 e. The number of nitrogens with one attached hydrogen (secondary N) is 1. The second-order valence-electron chi connectivity index (χ2n) is 7.04. The normalized spacial score (nSPS) is 12.7. The lowest BCUT2D eigenvalue weighted by molar-refractivity contribution is -0.384. The highest BCUT2D eigenvalue weighted by Gasteiger charge is 2.28. The Kier molecular flexibility index (Phi) is 9.69. The van der Waals surface area contributed by atoms with Crippen molar-refractivity contribution in [1.29, 1.82) is 0 Å². The summed E-state index contributed by atoms with van der Waals surface area (Å²) in [5, 5.41) is 32.7. The Bertz CT molecular complexity index is 768. The zero-order valence-electron chi connectivity index (χ0n) is 17.1. The number of non-ortho nitro benzene ring substituents is 1. The number of hydrogen-bond donors (Lipinski definition) is 3. The molecule has 0 aliphatic carbocycles. The molecule has 30 heavy (non-hydrogen) atoms. The number of benzene rings is 1. The minimum absolute atomic E-state index is 0.0230. The number of nitrogens with zero attached hydrogens (tertiary/aromatic N) is 2. The van der Waals surface area contributed by atoms with Crippen molar-refractivity contribution in [1.82, 2.24) is 10.2 Å². The summed E-state index contributed by atoms with van der Waals surface area (Å²) in [5.41, 5.74) is 0.167. The van der Waals surface area contributed by atoms with Crippen LogP contribution in [-0.4, -0.2) is 69.8 Å². The molecule has 0 saturated carbocycles. The number of aliphatic hydroxyl groups is 1. The van der Waals surface area contributed by atoms with Crippen LogP contribution < -0.4 is 5.32 Å². The Hall–Kier alpha value is -3.21. The largest absolute Gasteiger partial charge is 0.480 e. The van der Waals surface area contributed by atoms with Crippen LogP contribution in [-0.2, 0) is 20.7 Å². The van der Waals surface area contributed by atoms with Gasteiger partial charge in [0.2, 0.25) is 0 Å². The van der Waals surface area contributed by atoms with Crippen molar-refractivity contribution in [3.8, 4) is 0 Å². The number of nitro groups is 1. The molecule has 0 saturated heterocycles. The number of esters is 1. The first-order chi connectivity index (χ1) is 14.0. The van der Waals surface area contributed by atoms with Crippen LogP contribution in [0, 0.1) is 16.0 Å². The smallest absolute Gasteiger partial charge is 0.336 e. The minimum Gasteiger partial charge on any atom is -0.480 e. The maximum atomic E-state index is 12.7. The molecule has 0 bridgehead atoms. The van der Waals surface area contributed by atoms with Gasteiger partial charge >= 0.3 is 18.0 Å². The van der Waals surface area contributed by atoms with Crippen LogP contribution in [0.5, 0.6) is 0 Å². The Balaban J connectivity index is 2.93. The molecule has 1 unspecified atom stereocenters. The molecule has 1 aromatic rings. The third-order valence-electron chi connectivity index (χ3n) is 3.98. The summed E-state index contributed by atoms with van der Waals surface area (Å²) in [7, 11) is 0. The number of urea groups is 1. The molecular weight excluding hydrogens is 398 g/mol. The van der Waals surface area contributed by atoms with Crippen molar-refractivity contribution < 1.29 is 34.3 Å². The first-order valence-corrected chi connectivity index (χ1v) is 9.41. The molecule has 0 aromatic heterocycles. The van der Waals surface area contributed by atoms with Crippen LogP contribution in [0.3, 0.4) is 0 Å². The van der Waals surface area contributed by atoms with E-state index < -0.39 is 35.0 Å². The van der Waals surface area contributed by atoms with Gasteiger partial charge in [-0.25, -0.2) is 14.4 Å². The molecule has 11 nitrogen and oxygen atoms in total. The van der Waals surface area contributed by atoms with Crippen molar-refractivity contribution in [2.75, 3.05) is 19.7 Å². The van der Waals surface area contributed by atoms with E-state index in [1.165, 1.54) is 24.3 Å². The number of nitro benzene ring substituents is 1. The number of carboxylic acid groups (broad SMARTS) is 1. The third kappa shape index (κ3) is 8.03. The maximum absolute atomic E-state index is 12.7. The molecule has 0 radical (unpaired) electrons. The van der Waals surface area contributed by atoms with Gasteiger partial charge in [0.05, 0.1) is 18.1 Å². The molecule has 1 rings (SSSR count). The predicted octanol–water partition coefficient (Wildman–Crippen LogP) is 1.18. The fraction of sp³-hybridized carbons (Fsp3) is 0.526. The lowest BCUT2D eigenvalue weighted by Crippen LogP contribution is -2.52. The van der Waals surface area contributed by atoms with E-state index in [1.54, 1.807) is 6.92 Å². The van der Waals surface area contributed by atoms with Gasteiger partial charge in [0, 0.05) is 25.1 Å². The number of carboxylic acids is 1. The van der Waals surface area contributed by atoms with Gasteiger partial charge in [-0.05, 0) is 18.4 Å². The number of aliphatic hydroxyl groups excluding tert-OH is 1. The highest BCUT2D eigenvalue weighted by atomic mass is 16.6. The molecule has 0 spiro atoms. The van der Waals surface area contributed by atoms with Gasteiger partial charge in [-0.15, -0.1) is 0 Å². The van der Waals surface area contributed by atoms with Crippen molar-refractivity contribution in [2.45, 2.75) is 39.3 Å². The fourth-order valence-corrected chi connectivity index (χ4v) is 2.68. The molecule has 0 fully saturated rings. The van der Waals surface area contributed by atoms with E-state index in [-0.39, 0.29) is 37.7 Å². The number of aliphatic carboxylic acids is 1. The van der Waals surface area contributed by atoms with Gasteiger partial charge in [-0.2, -0.15) is 0 Å². The summed E-state index contributed by atoms with van der Waals surface area (Å²) in [6.45, 7) is 5.06. The average Bonchev–Trinajstić information content (AvgIpc) is 2.66. The summed E-state index contributed by atoms with van der Waals surface area (Å²) >= 11 is 0. The molecular formula is C19H27N3O8. The zero-order chi connectivity index (χ0) is 22.8. The second-order valence-corrected chi connectivity index (χ2v) is 7.04. The van der Waals surface area contributed by atoms with Crippen molar-refractivity contribution in [3.05, 3.63) is 39.9 Å². The summed E-state index contributed by atoms with van der Waals surface area (Å²) in [6.07, 6.45) is -1.76. The average molecular weight is 425 g/mol. The van der Waals surface area contributed by atoms with Crippen molar-refractivity contribution >= 4 is 23.7 Å². The SMILES string of the molecule is CCOC(=O)C(O)CN(CC(C)C)C(=O)N[C@@H](Cc1cccc([N+](=O)[O-])c1)C(=O)O. The van der Waals surface area contributed by atoms with Gasteiger partial charge in [-0.1, -0.05) is 26.0 Å². The Labute approximate surface area is 173 Å². The molecule has 2 atom stereocenters. The van der Waals surface area contributed by atoms with Crippen LogP contribution in [0.1, 0.15) is 26.3 Å². The van der Waals surface area contributed by atoms with Crippen molar-refractivity contribution in [3.63, 3.8) is 0 Å². The molecule has 166 valence electrons. The summed E-state index contributed by atoms with van der Waals surface area (Å²) in [4.78, 5) is 47.4. The first kappa shape index (κ1) is 24.8. The van der Waals surface area contributed by atoms with Crippen LogP contribution in [0.4, 0.5) is 10.5 Å². The first-order valence-electron chi connectivity index (χ1n) is 9.41. The topological polar surface area (TPSA) is 159 Å². The number of amides is 2. The highest BCUT2D eigenvalue weighted by molar-refractivity contribution is 5.83. The summed E-state index contributed by atoms with van der Waals surface area (Å²) in [6, 6.07) is 3.30. The van der Waals surface area contributed by atoms with Gasteiger partial charge in [0.25, 0.3) is 5.69 Å². The molecule has 0 aliphatic rings. The monoisotopic (exact) mass is 425 g/mol. The molecule has 11 heteroatoms. The fourth-order valence-electron chi connectivity index (χ4n) is 2.68. The number of carbonyl (C=O) groups excluding carboxylic acids is 2. The molecule has 0 aliphatic heterocycles. The lowest BCUT2D eigenvalue weighted by Gasteiger charge is -2.28. The predicted molar refractivity (Wildman–Crippen MR) is 106 cm³/mol. The van der Waals surface area contributed by atoms with E-state index in [1.807, 2.05) is 13.8 Å². The minimum atomic E-state index is -1.57. The standard InChI is InChI=1S/C19H27N3O8/c1-4-30-18(26)16(23)11-21(10-12(2)3)19(27)20-15(17(24)25)9-13-6-5-7-14(8-13)22(28)29/h5-8,12,15-16,23H,4,9-11H2,1-3H3,(H,20,27)(H,24,25)/t15-,16?/m0/s1. The van der Waals surface area contributed by atoms with Crippen LogP contribution in [0.15, 0.2) is 24.3 Å². The van der Waals surface area contributed by atoms with Crippen LogP contribution >= 0.6 is 0 Å². The van der Waals surface area contributed by atoms with E-state index in [4.69, 9.17) is 4.74 Å². The summed E-state index contributed by atoms with van der Waals surface area (Å²) in [5.74, 6) is -2.24. The molecule has 0 heterocycles. The number of ether oxygens (including phenoxy) is 1. The number of rotatable bonds is 11. The molecule has 3 N–H and O–H groups in total. The number of carbonyl (C=O) groups is 3. The van der Waals surface area contributed by atoms with E-state index in [9.17, 15) is 34.7 Å². The van der Waals surface area contributed by atoms with Gasteiger partial charge in [0.15, 0.2) is 6.10 Å². The van der Waals surface area contributed by atoms with Gasteiger partial charge in [0.1, 0.15) is 6.04 Å². The van der Waals surface area contributed by atoms with Crippen LogP contribution in [0.25, 0.3) is 0 Å². The second kappa shape index (κ2) is 11.7. The van der Waals surface area contributed by atoms with E-state index >= 15 is 0 Å². The van der Waals surface area contributed by atoms with E-state index in [2.05, 4.69) is 5.32 Å². The third-order valence-corrected chi connectivity index (χ3v) is 3.98. The Morgan fingerprint density at radius 1 is 1.27 bits per heavy atom. The highest BCUT2D eigenvalue weighted by Crippen LogP contribution is 2.15. The summed E-state index contributed by atoms with van der Waals surface area (Å²) < 4.78 is 4.72. The van der Waals surface area contributed by atoms with Crippen molar-refractivity contribution in [2.24, 2.45) is 5.92 Å². The molecule has 1 aromatic carbocycles. The quantitative estimate of drug-likeness (QED) is 0.271. The Morgan fingerprint density at radius 3 is 2.47 bits per heavy atom. The number of hydrogen-bond acceptors (Lipinski definition) is 7. The van der Waals surface area contributed by atoms with Gasteiger partial charge in [-0.3, -0.25) is 10.1 Å². The molecule has 2 amide bonds. The van der Waals surface area contributed by atoms with Gasteiger partial charge < -0.3 is 25.2 Å². The Morgan fingerprint density at radius 2 is 1.93 bits per heavy atom. The van der Waals surface area contributed by atoms with E-state index in [0.717, 1.165) is 4.90 Å². The van der Waals surface area contributed by atoms with Crippen LogP contribution in [0.2, 0.25) is 0 Å². The zero-order valence-corrected chi connectivity index (χ0v) is 17.1. The van der Waals surface area contributed by atoms with E-state index in [0.29, 0.717) is 5.56 Å².